The molecule has 2 aromatic rings. The summed E-state index contributed by atoms with van der Waals surface area (Å²) in [7, 11) is -5.09. The van der Waals surface area contributed by atoms with Crippen LogP contribution in [0.25, 0.3) is 5.69 Å². The summed E-state index contributed by atoms with van der Waals surface area (Å²) in [6, 6.07) is 2.50. The molecule has 1 aromatic carbocycles. The van der Waals surface area contributed by atoms with E-state index in [9.17, 15) is 25.5 Å². The number of hydrogen-bond acceptors (Lipinski definition) is 5. The lowest BCUT2D eigenvalue weighted by molar-refractivity contribution is -0.144. The molecule has 0 aliphatic heterocycles. The first-order valence-corrected chi connectivity index (χ1v) is 9.20. The average Bonchev–Trinajstić information content (AvgIpc) is 3.26. The second kappa shape index (κ2) is 5.93. The van der Waals surface area contributed by atoms with Gasteiger partial charge >= 0.3 is 16.4 Å². The van der Waals surface area contributed by atoms with E-state index in [0.29, 0.717) is 5.56 Å². The van der Waals surface area contributed by atoms with Crippen molar-refractivity contribution in [2.24, 2.45) is 0 Å². The van der Waals surface area contributed by atoms with Gasteiger partial charge in [0.25, 0.3) is 5.82 Å². The van der Waals surface area contributed by atoms with Crippen LogP contribution in [-0.2, 0) is 16.4 Å². The van der Waals surface area contributed by atoms with Crippen molar-refractivity contribution in [1.29, 1.82) is 0 Å². The summed E-state index contributed by atoms with van der Waals surface area (Å²) in [5, 5.41) is 3.36. The zero-order valence-electron chi connectivity index (χ0n) is 13.9. The molecule has 1 aliphatic rings. The summed E-state index contributed by atoms with van der Waals surface area (Å²) in [5.74, 6) is -2.29. The lowest BCUT2D eigenvalue weighted by Gasteiger charge is -2.17. The molecule has 3 rings (SSSR count). The molecule has 0 amide bonds. The highest BCUT2D eigenvalue weighted by molar-refractivity contribution is 7.86. The molecule has 142 valence electrons. The van der Waals surface area contributed by atoms with E-state index in [2.05, 4.69) is 10.1 Å². The molecular weight excluding hydrogens is 376 g/mol. The van der Waals surface area contributed by atoms with Gasteiger partial charge in [-0.3, -0.25) is 0 Å². The maximum absolute atomic E-state index is 13.8. The topological polar surface area (TPSA) is 90.9 Å². The van der Waals surface area contributed by atoms with Crippen LogP contribution in [-0.4, -0.2) is 23.2 Å². The number of alkyl halides is 3. The van der Waals surface area contributed by atoms with Gasteiger partial charge in [0.2, 0.25) is 5.95 Å². The molecular formula is C15H16F4N4O2S. The fourth-order valence-electron chi connectivity index (χ4n) is 2.79. The third-order valence-electron chi connectivity index (χ3n) is 4.17. The first-order valence-electron chi connectivity index (χ1n) is 7.82. The Bertz CT molecular complexity index is 963. The van der Waals surface area contributed by atoms with Crippen LogP contribution in [0.5, 0.6) is 0 Å². The van der Waals surface area contributed by atoms with Crippen LogP contribution in [0.2, 0.25) is 0 Å². The Balaban J connectivity index is 2.29. The molecule has 0 atom stereocenters. The maximum Gasteiger partial charge on any atom is 0.453 e. The van der Waals surface area contributed by atoms with Gasteiger partial charge in [0, 0.05) is 0 Å². The standard InChI is InChI=1S/C15H16F4N4O2S/c1-7(2)9-5-10(8-3-4-8)11(6-12(9)26(19,24)25)23-14(20)21-13(22-23)15(16,17)18/h5-8H,3-4H2,1-2H3,(H2,20,21,22). The lowest BCUT2D eigenvalue weighted by Crippen LogP contribution is -2.11. The summed E-state index contributed by atoms with van der Waals surface area (Å²) in [6.07, 6.45) is -3.24. The number of halogens is 4. The van der Waals surface area contributed by atoms with Gasteiger partial charge < -0.3 is 5.73 Å². The monoisotopic (exact) mass is 392 g/mol. The minimum atomic E-state index is -5.09. The van der Waals surface area contributed by atoms with Gasteiger partial charge in [-0.05, 0) is 41.9 Å². The van der Waals surface area contributed by atoms with Crippen molar-refractivity contribution < 1.29 is 25.5 Å². The predicted molar refractivity (Wildman–Crippen MR) is 85.1 cm³/mol. The average molecular weight is 392 g/mol. The normalized spacial score (nSPS) is 15.7. The van der Waals surface area contributed by atoms with E-state index in [1.807, 2.05) is 0 Å². The van der Waals surface area contributed by atoms with Gasteiger partial charge in [0.1, 0.15) is 4.90 Å². The molecule has 0 unspecified atom stereocenters. The Morgan fingerprint density at radius 1 is 1.27 bits per heavy atom. The predicted octanol–water partition coefficient (Wildman–Crippen LogP) is 3.53. The second-order valence-electron chi connectivity index (χ2n) is 6.52. The summed E-state index contributed by atoms with van der Waals surface area (Å²) < 4.78 is 76.2. The Labute approximate surface area is 147 Å². The van der Waals surface area contributed by atoms with E-state index >= 15 is 0 Å². The van der Waals surface area contributed by atoms with Crippen LogP contribution in [0.3, 0.4) is 0 Å². The number of rotatable bonds is 4. The molecule has 0 saturated heterocycles. The van der Waals surface area contributed by atoms with Crippen molar-refractivity contribution in [3.63, 3.8) is 0 Å². The van der Waals surface area contributed by atoms with Crippen LogP contribution in [0, 0.1) is 0 Å². The van der Waals surface area contributed by atoms with Crippen LogP contribution in [0.15, 0.2) is 17.0 Å². The number of aromatic nitrogens is 3. The first kappa shape index (κ1) is 18.6. The van der Waals surface area contributed by atoms with E-state index in [-0.39, 0.29) is 23.1 Å². The highest BCUT2D eigenvalue weighted by atomic mass is 32.3. The molecule has 0 radical (unpaired) electrons. The van der Waals surface area contributed by atoms with Crippen molar-refractivity contribution >= 4 is 16.2 Å². The Hall–Kier alpha value is -2.17. The Morgan fingerprint density at radius 2 is 1.88 bits per heavy atom. The van der Waals surface area contributed by atoms with Crippen LogP contribution in [0.4, 0.5) is 23.0 Å². The van der Waals surface area contributed by atoms with Crippen molar-refractivity contribution in [3.05, 3.63) is 29.1 Å². The van der Waals surface area contributed by atoms with E-state index < -0.39 is 33.1 Å². The third kappa shape index (κ3) is 3.39. The van der Waals surface area contributed by atoms with E-state index in [0.717, 1.165) is 23.6 Å². The molecule has 0 bridgehead atoms. The van der Waals surface area contributed by atoms with Gasteiger partial charge in [-0.1, -0.05) is 19.9 Å². The first-order chi connectivity index (χ1) is 11.9. The van der Waals surface area contributed by atoms with Crippen LogP contribution >= 0.6 is 0 Å². The number of benzene rings is 1. The molecule has 1 fully saturated rings. The number of nitrogens with two attached hydrogens (primary N) is 1. The van der Waals surface area contributed by atoms with E-state index in [4.69, 9.17) is 5.73 Å². The zero-order chi connectivity index (χ0) is 19.4. The van der Waals surface area contributed by atoms with Gasteiger partial charge in [-0.2, -0.15) is 31.3 Å². The van der Waals surface area contributed by atoms with Crippen molar-refractivity contribution in [2.45, 2.75) is 49.6 Å². The number of anilines is 1. The Morgan fingerprint density at radius 3 is 2.31 bits per heavy atom. The fraction of sp³-hybridized carbons (Fsp3) is 0.467. The van der Waals surface area contributed by atoms with Gasteiger partial charge in [-0.25, -0.2) is 0 Å². The van der Waals surface area contributed by atoms with Gasteiger partial charge in [-0.15, -0.1) is 8.98 Å². The van der Waals surface area contributed by atoms with Gasteiger partial charge in [0.05, 0.1) is 5.69 Å². The van der Waals surface area contributed by atoms with E-state index in [1.54, 1.807) is 13.8 Å². The molecule has 1 heterocycles. The van der Waals surface area contributed by atoms with Gasteiger partial charge in [0.15, 0.2) is 0 Å². The van der Waals surface area contributed by atoms with Crippen molar-refractivity contribution in [2.75, 3.05) is 5.73 Å². The van der Waals surface area contributed by atoms with Crippen molar-refractivity contribution in [1.82, 2.24) is 14.8 Å². The number of hydrogen-bond donors (Lipinski definition) is 1. The molecule has 1 aliphatic carbocycles. The maximum atomic E-state index is 13.8. The highest BCUT2D eigenvalue weighted by Gasteiger charge is 2.38. The van der Waals surface area contributed by atoms with Crippen LogP contribution < -0.4 is 5.73 Å². The van der Waals surface area contributed by atoms with E-state index in [1.165, 1.54) is 6.07 Å². The molecule has 0 spiro atoms. The summed E-state index contributed by atoms with van der Waals surface area (Å²) in [5.41, 5.74) is 6.39. The SMILES string of the molecule is CC(C)c1cc(C2CC2)c(-n2nc(C(F)(F)F)nc2N)cc1S(=O)(=O)F. The molecule has 2 N–H and O–H groups in total. The zero-order valence-corrected chi connectivity index (χ0v) is 14.7. The third-order valence-corrected chi connectivity index (χ3v) is 5.05. The summed E-state index contributed by atoms with van der Waals surface area (Å²) >= 11 is 0. The Kier molecular flexibility index (Phi) is 4.25. The molecule has 26 heavy (non-hydrogen) atoms. The molecule has 1 aromatic heterocycles. The molecule has 1 saturated carbocycles. The molecule has 6 nitrogen and oxygen atoms in total. The minimum Gasteiger partial charge on any atom is -0.368 e. The summed E-state index contributed by atoms with van der Waals surface area (Å²) in [6.45, 7) is 3.40. The fourth-order valence-corrected chi connectivity index (χ4v) is 3.62. The number of nitrogen functional groups attached to an aromatic ring is 1. The number of nitrogens with zero attached hydrogens (tertiary/aromatic N) is 3. The van der Waals surface area contributed by atoms with Crippen LogP contribution in [0.1, 0.15) is 55.5 Å². The largest absolute Gasteiger partial charge is 0.453 e. The summed E-state index contributed by atoms with van der Waals surface area (Å²) in [4.78, 5) is 2.59. The quantitative estimate of drug-likeness (QED) is 0.635. The second-order valence-corrected chi connectivity index (χ2v) is 7.83. The molecule has 11 heteroatoms. The lowest BCUT2D eigenvalue weighted by atomic mass is 9.97. The minimum absolute atomic E-state index is 0.00590. The highest BCUT2D eigenvalue weighted by Crippen LogP contribution is 2.45. The smallest absolute Gasteiger partial charge is 0.368 e. The van der Waals surface area contributed by atoms with Crippen molar-refractivity contribution in [3.8, 4) is 5.69 Å².